The normalized spacial score (nSPS) is 11.0. The van der Waals surface area contributed by atoms with Crippen LogP contribution < -0.4 is 14.8 Å². The van der Waals surface area contributed by atoms with E-state index in [-0.39, 0.29) is 6.10 Å². The van der Waals surface area contributed by atoms with E-state index in [4.69, 9.17) is 37.4 Å². The summed E-state index contributed by atoms with van der Waals surface area (Å²) in [6, 6.07) is 11.2. The lowest BCUT2D eigenvalue weighted by Crippen LogP contribution is -2.17. The van der Waals surface area contributed by atoms with Crippen LogP contribution in [0.1, 0.15) is 31.4 Å². The Bertz CT molecular complexity index is 705. The molecule has 0 fully saturated rings. The first-order valence-corrected chi connectivity index (χ1v) is 9.81. The van der Waals surface area contributed by atoms with E-state index in [0.29, 0.717) is 34.7 Å². The molecule has 4 nitrogen and oxygen atoms in total. The monoisotopic (exact) mass is 411 g/mol. The molecule has 0 aromatic heterocycles. The summed E-state index contributed by atoms with van der Waals surface area (Å²) in [7, 11) is 1.62. The van der Waals surface area contributed by atoms with Crippen molar-refractivity contribution in [1.82, 2.24) is 5.32 Å². The van der Waals surface area contributed by atoms with Gasteiger partial charge in [0.05, 0.1) is 13.2 Å². The summed E-state index contributed by atoms with van der Waals surface area (Å²) in [4.78, 5) is 0. The third-order valence-electron chi connectivity index (χ3n) is 3.90. The minimum atomic E-state index is 0.268. The highest BCUT2D eigenvalue weighted by Gasteiger charge is 2.11. The molecular weight excluding hydrogens is 385 g/mol. The van der Waals surface area contributed by atoms with E-state index in [0.717, 1.165) is 30.7 Å². The van der Waals surface area contributed by atoms with E-state index in [1.165, 1.54) is 0 Å². The molecule has 148 valence electrons. The van der Waals surface area contributed by atoms with Crippen LogP contribution in [0, 0.1) is 0 Å². The summed E-state index contributed by atoms with van der Waals surface area (Å²) in [6.45, 7) is 6.76. The Kier molecular flexibility index (Phi) is 9.22. The molecule has 0 aliphatic carbocycles. The Labute approximate surface area is 171 Å². The van der Waals surface area contributed by atoms with Gasteiger partial charge in [0.2, 0.25) is 0 Å². The Morgan fingerprint density at radius 3 is 2.44 bits per heavy atom. The Hall–Kier alpha value is -1.46. The van der Waals surface area contributed by atoms with Crippen LogP contribution >= 0.6 is 23.2 Å². The maximum Gasteiger partial charge on any atom is 0.163 e. The van der Waals surface area contributed by atoms with Crippen molar-refractivity contribution in [2.24, 2.45) is 0 Å². The van der Waals surface area contributed by atoms with Gasteiger partial charge >= 0.3 is 0 Å². The van der Waals surface area contributed by atoms with Crippen molar-refractivity contribution in [1.29, 1.82) is 0 Å². The second-order valence-corrected chi connectivity index (χ2v) is 7.30. The first-order valence-electron chi connectivity index (χ1n) is 9.05. The first-order chi connectivity index (χ1) is 13.0. The van der Waals surface area contributed by atoms with Gasteiger partial charge in [-0.15, -0.1) is 0 Å². The van der Waals surface area contributed by atoms with E-state index in [9.17, 15) is 0 Å². The van der Waals surface area contributed by atoms with Crippen LogP contribution in [0.25, 0.3) is 0 Å². The smallest absolute Gasteiger partial charge is 0.163 e. The van der Waals surface area contributed by atoms with Crippen LogP contribution in [0.3, 0.4) is 0 Å². The predicted molar refractivity (Wildman–Crippen MR) is 111 cm³/mol. The zero-order valence-corrected chi connectivity index (χ0v) is 17.6. The second kappa shape index (κ2) is 11.4. The highest BCUT2D eigenvalue weighted by atomic mass is 35.5. The molecule has 2 rings (SSSR count). The highest BCUT2D eigenvalue weighted by Crippen LogP contribution is 2.34. The number of halogens is 2. The van der Waals surface area contributed by atoms with Gasteiger partial charge in [-0.2, -0.15) is 0 Å². The number of hydrogen-bond acceptors (Lipinski definition) is 4. The average molecular weight is 412 g/mol. The molecule has 0 radical (unpaired) electrons. The van der Waals surface area contributed by atoms with Gasteiger partial charge in [-0.3, -0.25) is 0 Å². The van der Waals surface area contributed by atoms with Crippen molar-refractivity contribution >= 4 is 23.2 Å². The van der Waals surface area contributed by atoms with Gasteiger partial charge < -0.3 is 19.5 Å². The van der Waals surface area contributed by atoms with E-state index in [1.807, 2.05) is 44.2 Å². The van der Waals surface area contributed by atoms with Crippen molar-refractivity contribution in [3.05, 3.63) is 57.6 Å². The van der Waals surface area contributed by atoms with Crippen LogP contribution in [0.5, 0.6) is 11.5 Å². The number of hydrogen-bond donors (Lipinski definition) is 1. The fraction of sp³-hybridized carbons (Fsp3) is 0.429. The number of ether oxygens (including phenoxy) is 3. The van der Waals surface area contributed by atoms with Gasteiger partial charge in [-0.25, -0.2) is 0 Å². The van der Waals surface area contributed by atoms with Crippen LogP contribution in [0.2, 0.25) is 10.0 Å². The van der Waals surface area contributed by atoms with Crippen molar-refractivity contribution in [2.75, 3.05) is 20.3 Å². The van der Waals surface area contributed by atoms with Crippen molar-refractivity contribution in [3.63, 3.8) is 0 Å². The van der Waals surface area contributed by atoms with Crippen LogP contribution in [0.4, 0.5) is 0 Å². The quantitative estimate of drug-likeness (QED) is 0.496. The fourth-order valence-corrected chi connectivity index (χ4v) is 2.81. The van der Waals surface area contributed by atoms with E-state index < -0.39 is 0 Å². The van der Waals surface area contributed by atoms with Gasteiger partial charge in [0.1, 0.15) is 6.61 Å². The molecule has 0 saturated carbocycles. The van der Waals surface area contributed by atoms with Crippen molar-refractivity contribution in [2.45, 2.75) is 39.5 Å². The lowest BCUT2D eigenvalue weighted by molar-refractivity contribution is 0.0770. The van der Waals surface area contributed by atoms with E-state index >= 15 is 0 Å². The molecule has 27 heavy (non-hydrogen) atoms. The highest BCUT2D eigenvalue weighted by molar-refractivity contribution is 6.31. The topological polar surface area (TPSA) is 39.7 Å². The van der Waals surface area contributed by atoms with Gasteiger partial charge in [0.25, 0.3) is 0 Å². The minimum Gasteiger partial charge on any atom is -0.493 e. The molecule has 0 spiro atoms. The van der Waals surface area contributed by atoms with Gasteiger partial charge in [-0.1, -0.05) is 35.3 Å². The zero-order valence-electron chi connectivity index (χ0n) is 16.1. The Morgan fingerprint density at radius 2 is 1.78 bits per heavy atom. The largest absolute Gasteiger partial charge is 0.493 e. The number of methoxy groups -OCH3 is 1. The molecule has 0 heterocycles. The molecular formula is C21H27Cl2NO3. The standard InChI is InChI=1S/C21H27Cl2NO3/c1-15(2)26-10-4-9-24-13-17-11-20(25-3)21(12-19(17)23)27-14-16-5-7-18(22)8-6-16/h5-8,11-12,15,24H,4,9-10,13-14H2,1-3H3. The molecule has 6 heteroatoms. The van der Waals surface area contributed by atoms with E-state index in [1.54, 1.807) is 13.2 Å². The molecule has 0 atom stereocenters. The predicted octanol–water partition coefficient (Wildman–Crippen LogP) is 5.49. The summed E-state index contributed by atoms with van der Waals surface area (Å²) < 4.78 is 16.9. The molecule has 0 unspecified atom stereocenters. The number of benzene rings is 2. The molecule has 0 bridgehead atoms. The summed E-state index contributed by atoms with van der Waals surface area (Å²) >= 11 is 12.3. The zero-order chi connectivity index (χ0) is 19.6. The molecule has 0 aliphatic heterocycles. The molecule has 1 N–H and O–H groups in total. The molecule has 0 amide bonds. The minimum absolute atomic E-state index is 0.268. The third-order valence-corrected chi connectivity index (χ3v) is 4.51. The maximum absolute atomic E-state index is 6.42. The second-order valence-electron chi connectivity index (χ2n) is 6.46. The van der Waals surface area contributed by atoms with Gasteiger partial charge in [-0.05, 0) is 56.1 Å². The summed E-state index contributed by atoms with van der Waals surface area (Å²) in [5.74, 6) is 1.28. The fourth-order valence-electron chi connectivity index (χ4n) is 2.47. The molecule has 2 aromatic carbocycles. The molecule has 0 saturated heterocycles. The first kappa shape index (κ1) is 21.8. The number of nitrogens with one attached hydrogen (secondary N) is 1. The van der Waals surface area contributed by atoms with Crippen molar-refractivity contribution < 1.29 is 14.2 Å². The molecule has 0 aliphatic rings. The summed E-state index contributed by atoms with van der Waals surface area (Å²) in [6.07, 6.45) is 1.22. The van der Waals surface area contributed by atoms with Crippen LogP contribution in [0.15, 0.2) is 36.4 Å². The van der Waals surface area contributed by atoms with Gasteiger partial charge in [0, 0.05) is 29.3 Å². The van der Waals surface area contributed by atoms with Gasteiger partial charge in [0.15, 0.2) is 11.5 Å². The lowest BCUT2D eigenvalue weighted by Gasteiger charge is -2.14. The summed E-state index contributed by atoms with van der Waals surface area (Å²) in [5, 5.41) is 4.72. The third kappa shape index (κ3) is 7.59. The van der Waals surface area contributed by atoms with Crippen molar-refractivity contribution in [3.8, 4) is 11.5 Å². The van der Waals surface area contributed by atoms with Crippen LogP contribution in [-0.2, 0) is 17.9 Å². The average Bonchev–Trinajstić information content (AvgIpc) is 2.65. The lowest BCUT2D eigenvalue weighted by atomic mass is 10.2. The molecule has 2 aromatic rings. The SMILES string of the molecule is COc1cc(CNCCCOC(C)C)c(Cl)cc1OCc1ccc(Cl)cc1. The van der Waals surface area contributed by atoms with E-state index in [2.05, 4.69) is 5.32 Å². The summed E-state index contributed by atoms with van der Waals surface area (Å²) in [5.41, 5.74) is 1.99. The number of rotatable bonds is 11. The maximum atomic E-state index is 6.42. The Balaban J connectivity index is 1.90. The Morgan fingerprint density at radius 1 is 1.04 bits per heavy atom. The van der Waals surface area contributed by atoms with Crippen LogP contribution in [-0.4, -0.2) is 26.4 Å².